The summed E-state index contributed by atoms with van der Waals surface area (Å²) in [6, 6.07) is 0.425. The molecule has 0 aliphatic heterocycles. The first-order valence-corrected chi connectivity index (χ1v) is 6.74. The Bertz CT molecular complexity index is 182. The van der Waals surface area contributed by atoms with Crippen molar-refractivity contribution in [2.24, 2.45) is 0 Å². The molecule has 0 atom stereocenters. The Labute approximate surface area is 98.6 Å². The van der Waals surface area contributed by atoms with Gasteiger partial charge in [-0.3, -0.25) is 4.79 Å². The first-order valence-electron chi connectivity index (χ1n) is 6.74. The summed E-state index contributed by atoms with van der Waals surface area (Å²) in [7, 11) is 0. The van der Waals surface area contributed by atoms with Crippen molar-refractivity contribution in [2.45, 2.75) is 70.3 Å². The van der Waals surface area contributed by atoms with E-state index in [2.05, 4.69) is 5.32 Å². The lowest BCUT2D eigenvalue weighted by molar-refractivity contribution is -0.136. The van der Waals surface area contributed by atoms with E-state index in [1.807, 2.05) is 0 Å². The van der Waals surface area contributed by atoms with Crippen LogP contribution < -0.4 is 5.32 Å². The fraction of sp³-hybridized carbons (Fsp3) is 0.923. The van der Waals surface area contributed by atoms with E-state index in [9.17, 15) is 4.79 Å². The normalized spacial score (nSPS) is 21.2. The van der Waals surface area contributed by atoms with Gasteiger partial charge in [0, 0.05) is 6.04 Å². The van der Waals surface area contributed by atoms with Crippen LogP contribution in [0, 0.1) is 0 Å². The summed E-state index contributed by atoms with van der Waals surface area (Å²) in [5.74, 6) is -0.741. The summed E-state index contributed by atoms with van der Waals surface area (Å²) in [4.78, 5) is 10.5. The number of rotatable bonds is 3. The van der Waals surface area contributed by atoms with E-state index in [4.69, 9.17) is 5.11 Å². The molecule has 1 rings (SSSR count). The highest BCUT2D eigenvalue weighted by Gasteiger charge is 2.10. The molecule has 2 N–H and O–H groups in total. The van der Waals surface area contributed by atoms with Crippen LogP contribution in [0.3, 0.4) is 0 Å². The number of hydrogen-bond donors (Lipinski definition) is 2. The zero-order valence-electron chi connectivity index (χ0n) is 10.2. The minimum Gasteiger partial charge on any atom is -0.480 e. The Morgan fingerprint density at radius 1 is 0.938 bits per heavy atom. The lowest BCUT2D eigenvalue weighted by Crippen LogP contribution is -2.33. The Morgan fingerprint density at radius 3 is 1.81 bits per heavy atom. The van der Waals surface area contributed by atoms with Gasteiger partial charge in [0.05, 0.1) is 6.54 Å². The molecule has 0 aromatic rings. The third-order valence-corrected chi connectivity index (χ3v) is 3.40. The van der Waals surface area contributed by atoms with Crippen molar-refractivity contribution < 1.29 is 9.90 Å². The molecule has 16 heavy (non-hydrogen) atoms. The maximum Gasteiger partial charge on any atom is 0.317 e. The summed E-state index contributed by atoms with van der Waals surface area (Å²) < 4.78 is 0. The molecule has 0 aromatic heterocycles. The van der Waals surface area contributed by atoms with E-state index in [1.165, 1.54) is 51.4 Å². The van der Waals surface area contributed by atoms with Gasteiger partial charge in [-0.05, 0) is 12.8 Å². The summed E-state index contributed by atoms with van der Waals surface area (Å²) in [6.45, 7) is 0.116. The van der Waals surface area contributed by atoms with Crippen molar-refractivity contribution >= 4 is 5.97 Å². The first-order chi connectivity index (χ1) is 7.79. The van der Waals surface area contributed by atoms with Gasteiger partial charge in [0.25, 0.3) is 0 Å². The predicted octanol–water partition coefficient (Wildman–Crippen LogP) is 2.94. The van der Waals surface area contributed by atoms with Gasteiger partial charge in [0.15, 0.2) is 0 Å². The van der Waals surface area contributed by atoms with Crippen LogP contribution in [0.25, 0.3) is 0 Å². The fourth-order valence-corrected chi connectivity index (χ4v) is 2.42. The third kappa shape index (κ3) is 6.83. The second kappa shape index (κ2) is 8.57. The van der Waals surface area contributed by atoms with E-state index in [0.717, 1.165) is 12.8 Å². The SMILES string of the molecule is O=C(O)CNC1CCCCCCCCCC1. The summed E-state index contributed by atoms with van der Waals surface area (Å²) in [6.07, 6.45) is 12.9. The van der Waals surface area contributed by atoms with Gasteiger partial charge in [0.1, 0.15) is 0 Å². The minimum atomic E-state index is -0.741. The molecule has 1 fully saturated rings. The van der Waals surface area contributed by atoms with Crippen LogP contribution in [0.15, 0.2) is 0 Å². The van der Waals surface area contributed by atoms with Gasteiger partial charge in [-0.25, -0.2) is 0 Å². The predicted molar refractivity (Wildman–Crippen MR) is 65.6 cm³/mol. The molecule has 0 spiro atoms. The molecule has 0 heterocycles. The third-order valence-electron chi connectivity index (χ3n) is 3.40. The highest BCUT2D eigenvalue weighted by Crippen LogP contribution is 2.16. The lowest BCUT2D eigenvalue weighted by atomic mass is 10.0. The number of nitrogens with one attached hydrogen (secondary N) is 1. The number of carbonyl (C=O) groups is 1. The second-order valence-electron chi connectivity index (χ2n) is 4.88. The minimum absolute atomic E-state index is 0.116. The average molecular weight is 227 g/mol. The molecule has 1 aliphatic carbocycles. The van der Waals surface area contributed by atoms with Gasteiger partial charge in [0.2, 0.25) is 0 Å². The molecule has 0 radical (unpaired) electrons. The largest absolute Gasteiger partial charge is 0.480 e. The maximum absolute atomic E-state index is 10.5. The average Bonchev–Trinajstić information content (AvgIpc) is 2.31. The topological polar surface area (TPSA) is 49.3 Å². The van der Waals surface area contributed by atoms with E-state index in [-0.39, 0.29) is 6.54 Å². The quantitative estimate of drug-likeness (QED) is 0.779. The zero-order valence-corrected chi connectivity index (χ0v) is 10.2. The van der Waals surface area contributed by atoms with Crippen molar-refractivity contribution in [3.8, 4) is 0 Å². The van der Waals surface area contributed by atoms with E-state index in [1.54, 1.807) is 0 Å². The zero-order chi connectivity index (χ0) is 11.6. The summed E-state index contributed by atoms with van der Waals surface area (Å²) in [5.41, 5.74) is 0. The smallest absolute Gasteiger partial charge is 0.317 e. The van der Waals surface area contributed by atoms with Crippen LogP contribution in [0.4, 0.5) is 0 Å². The molecular weight excluding hydrogens is 202 g/mol. The molecular formula is C13H25NO2. The van der Waals surface area contributed by atoms with Crippen molar-refractivity contribution in [3.63, 3.8) is 0 Å². The van der Waals surface area contributed by atoms with Crippen molar-refractivity contribution in [2.75, 3.05) is 6.54 Å². The van der Waals surface area contributed by atoms with Gasteiger partial charge in [-0.15, -0.1) is 0 Å². The molecule has 3 nitrogen and oxygen atoms in total. The highest BCUT2D eigenvalue weighted by atomic mass is 16.4. The number of aliphatic carboxylic acids is 1. The summed E-state index contributed by atoms with van der Waals surface area (Å²) >= 11 is 0. The lowest BCUT2D eigenvalue weighted by Gasteiger charge is -2.17. The van der Waals surface area contributed by atoms with Crippen LogP contribution >= 0.6 is 0 Å². The van der Waals surface area contributed by atoms with E-state index >= 15 is 0 Å². The number of carboxylic acids is 1. The Kier molecular flexibility index (Phi) is 7.23. The molecule has 94 valence electrons. The molecule has 1 aliphatic rings. The first kappa shape index (κ1) is 13.5. The monoisotopic (exact) mass is 227 g/mol. The van der Waals surface area contributed by atoms with Crippen LogP contribution in [-0.4, -0.2) is 23.7 Å². The van der Waals surface area contributed by atoms with Crippen LogP contribution in [0.1, 0.15) is 64.2 Å². The van der Waals surface area contributed by atoms with Crippen molar-refractivity contribution in [1.82, 2.24) is 5.32 Å². The van der Waals surface area contributed by atoms with E-state index in [0.29, 0.717) is 6.04 Å². The molecule has 0 bridgehead atoms. The van der Waals surface area contributed by atoms with Gasteiger partial charge >= 0.3 is 5.97 Å². The van der Waals surface area contributed by atoms with E-state index < -0.39 is 5.97 Å². The van der Waals surface area contributed by atoms with Gasteiger partial charge < -0.3 is 10.4 Å². The van der Waals surface area contributed by atoms with Gasteiger partial charge in [-0.1, -0.05) is 51.4 Å². The Morgan fingerprint density at radius 2 is 1.38 bits per heavy atom. The van der Waals surface area contributed by atoms with Gasteiger partial charge in [-0.2, -0.15) is 0 Å². The molecule has 0 aromatic carbocycles. The highest BCUT2D eigenvalue weighted by molar-refractivity contribution is 5.69. The second-order valence-corrected chi connectivity index (χ2v) is 4.88. The molecule has 0 unspecified atom stereocenters. The number of carboxylic acid groups (broad SMARTS) is 1. The molecule has 0 amide bonds. The van der Waals surface area contributed by atoms with Crippen molar-refractivity contribution in [1.29, 1.82) is 0 Å². The standard InChI is InChI=1S/C13H25NO2/c15-13(16)11-14-12-9-7-5-3-1-2-4-6-8-10-12/h12,14H,1-11H2,(H,15,16). The number of hydrogen-bond acceptors (Lipinski definition) is 2. The van der Waals surface area contributed by atoms with Crippen LogP contribution in [-0.2, 0) is 4.79 Å². The fourth-order valence-electron chi connectivity index (χ4n) is 2.42. The van der Waals surface area contributed by atoms with Crippen LogP contribution in [0.2, 0.25) is 0 Å². The maximum atomic E-state index is 10.5. The molecule has 1 saturated carbocycles. The molecule has 3 heteroatoms. The Balaban J connectivity index is 2.24. The van der Waals surface area contributed by atoms with Crippen LogP contribution in [0.5, 0.6) is 0 Å². The van der Waals surface area contributed by atoms with Crippen molar-refractivity contribution in [3.05, 3.63) is 0 Å². The summed E-state index contributed by atoms with van der Waals surface area (Å²) in [5, 5.41) is 11.8. The molecule has 0 saturated heterocycles. The Hall–Kier alpha value is -0.570.